The number of nitrogen functional groups attached to an aromatic ring is 1. The Bertz CT molecular complexity index is 254. The van der Waals surface area contributed by atoms with Crippen molar-refractivity contribution in [1.82, 2.24) is 4.98 Å². The van der Waals surface area contributed by atoms with E-state index in [1.807, 2.05) is 5.38 Å². The number of nitrogens with two attached hydrogens (primary N) is 1. The average molecular weight is 175 g/mol. The molecule has 1 fully saturated rings. The molecule has 1 heterocycles. The summed E-state index contributed by atoms with van der Waals surface area (Å²) in [6.45, 7) is 0. The fraction of sp³-hybridized carbons (Fsp3) is 0.500. The van der Waals surface area contributed by atoms with Gasteiger partial charge in [0.1, 0.15) is 0 Å². The summed E-state index contributed by atoms with van der Waals surface area (Å²) in [6.07, 6.45) is 2.08. The summed E-state index contributed by atoms with van der Waals surface area (Å²) in [5.41, 5.74) is 6.41. The minimum absolute atomic E-state index is 0.145. The van der Waals surface area contributed by atoms with Gasteiger partial charge in [-0.1, -0.05) is 0 Å². The number of halogens is 1. The van der Waals surface area contributed by atoms with Gasteiger partial charge in [0, 0.05) is 5.38 Å². The number of thiazole rings is 1. The van der Waals surface area contributed by atoms with Crippen molar-refractivity contribution >= 4 is 28.1 Å². The second kappa shape index (κ2) is 1.86. The molecule has 1 aliphatic carbocycles. The molecule has 0 spiro atoms. The third-order valence-corrected chi connectivity index (χ3v) is 2.92. The van der Waals surface area contributed by atoms with Gasteiger partial charge in [0.2, 0.25) is 0 Å². The van der Waals surface area contributed by atoms with Crippen molar-refractivity contribution in [3.05, 3.63) is 11.1 Å². The monoisotopic (exact) mass is 174 g/mol. The van der Waals surface area contributed by atoms with Gasteiger partial charge in [-0.2, -0.15) is 0 Å². The van der Waals surface area contributed by atoms with Crippen molar-refractivity contribution in [2.75, 3.05) is 5.73 Å². The minimum Gasteiger partial charge on any atom is -0.375 e. The molecule has 54 valence electrons. The maximum atomic E-state index is 6.07. The van der Waals surface area contributed by atoms with E-state index in [1.165, 1.54) is 11.3 Å². The molecule has 0 radical (unpaired) electrons. The van der Waals surface area contributed by atoms with Gasteiger partial charge in [0.15, 0.2) is 5.13 Å². The third-order valence-electron chi connectivity index (χ3n) is 1.67. The molecule has 0 amide bonds. The van der Waals surface area contributed by atoms with E-state index < -0.39 is 0 Å². The molecule has 0 atom stereocenters. The first-order valence-corrected chi connectivity index (χ1v) is 4.37. The van der Waals surface area contributed by atoms with Gasteiger partial charge in [-0.05, 0) is 12.8 Å². The van der Waals surface area contributed by atoms with E-state index in [-0.39, 0.29) is 4.87 Å². The smallest absolute Gasteiger partial charge is 0.180 e. The molecule has 0 aromatic carbocycles. The second-order valence-corrected chi connectivity index (χ2v) is 4.15. The molecule has 1 aromatic rings. The van der Waals surface area contributed by atoms with Crippen LogP contribution in [0.2, 0.25) is 0 Å². The Hall–Kier alpha value is -0.280. The lowest BCUT2D eigenvalue weighted by Crippen LogP contribution is -1.96. The molecule has 2 N–H and O–H groups in total. The van der Waals surface area contributed by atoms with Crippen molar-refractivity contribution in [2.45, 2.75) is 17.7 Å². The highest BCUT2D eigenvalue weighted by Crippen LogP contribution is 2.51. The highest BCUT2D eigenvalue weighted by atomic mass is 35.5. The summed E-state index contributed by atoms with van der Waals surface area (Å²) in [6, 6.07) is 0. The van der Waals surface area contributed by atoms with Gasteiger partial charge in [0.25, 0.3) is 0 Å². The van der Waals surface area contributed by atoms with Gasteiger partial charge >= 0.3 is 0 Å². The van der Waals surface area contributed by atoms with E-state index in [0.717, 1.165) is 18.5 Å². The lowest BCUT2D eigenvalue weighted by molar-refractivity contribution is 0.959. The molecule has 1 saturated carbocycles. The fourth-order valence-electron chi connectivity index (χ4n) is 0.859. The van der Waals surface area contributed by atoms with E-state index in [4.69, 9.17) is 17.3 Å². The molecule has 1 aromatic heterocycles. The Labute approximate surface area is 68.0 Å². The molecule has 4 heteroatoms. The number of hydrogen-bond donors (Lipinski definition) is 1. The van der Waals surface area contributed by atoms with Crippen LogP contribution >= 0.6 is 22.9 Å². The van der Waals surface area contributed by atoms with Crippen molar-refractivity contribution in [3.63, 3.8) is 0 Å². The first-order valence-electron chi connectivity index (χ1n) is 3.11. The van der Waals surface area contributed by atoms with Crippen LogP contribution in [-0.2, 0) is 4.87 Å². The first kappa shape index (κ1) is 6.43. The Balaban J connectivity index is 2.34. The molecule has 0 saturated heterocycles. The van der Waals surface area contributed by atoms with E-state index in [1.54, 1.807) is 0 Å². The molecule has 10 heavy (non-hydrogen) atoms. The zero-order valence-corrected chi connectivity index (χ0v) is 6.87. The van der Waals surface area contributed by atoms with Crippen molar-refractivity contribution in [1.29, 1.82) is 0 Å². The predicted octanol–water partition coefficient (Wildman–Crippen LogP) is 1.95. The van der Waals surface area contributed by atoms with E-state index in [0.29, 0.717) is 5.13 Å². The minimum atomic E-state index is -0.145. The van der Waals surface area contributed by atoms with E-state index in [2.05, 4.69) is 4.98 Å². The first-order chi connectivity index (χ1) is 4.71. The highest BCUT2D eigenvalue weighted by Gasteiger charge is 2.44. The van der Waals surface area contributed by atoms with Gasteiger partial charge in [0.05, 0.1) is 10.6 Å². The van der Waals surface area contributed by atoms with E-state index >= 15 is 0 Å². The van der Waals surface area contributed by atoms with Crippen LogP contribution < -0.4 is 5.73 Å². The second-order valence-electron chi connectivity index (χ2n) is 2.54. The number of aromatic nitrogens is 1. The summed E-state index contributed by atoms with van der Waals surface area (Å²) in [5, 5.41) is 2.55. The van der Waals surface area contributed by atoms with Crippen LogP contribution in [0.3, 0.4) is 0 Å². The molecule has 2 rings (SSSR count). The summed E-state index contributed by atoms with van der Waals surface area (Å²) >= 11 is 7.53. The molecule has 0 bridgehead atoms. The summed E-state index contributed by atoms with van der Waals surface area (Å²) in [5.74, 6) is 0. The van der Waals surface area contributed by atoms with Crippen LogP contribution in [0.1, 0.15) is 18.5 Å². The zero-order valence-electron chi connectivity index (χ0n) is 5.30. The normalized spacial score (nSPS) is 20.9. The largest absolute Gasteiger partial charge is 0.375 e. The molecular weight excluding hydrogens is 168 g/mol. The van der Waals surface area contributed by atoms with Crippen molar-refractivity contribution < 1.29 is 0 Å². The Morgan fingerprint density at radius 3 is 2.80 bits per heavy atom. The SMILES string of the molecule is Nc1nc(C2(Cl)CC2)cs1. The van der Waals surface area contributed by atoms with Gasteiger partial charge < -0.3 is 5.73 Å². The van der Waals surface area contributed by atoms with Crippen LogP contribution in [-0.4, -0.2) is 4.98 Å². The summed E-state index contributed by atoms with van der Waals surface area (Å²) < 4.78 is 0. The van der Waals surface area contributed by atoms with Crippen molar-refractivity contribution in [3.8, 4) is 0 Å². The topological polar surface area (TPSA) is 38.9 Å². The average Bonchev–Trinajstić information content (AvgIpc) is 2.45. The lowest BCUT2D eigenvalue weighted by atomic mass is 10.3. The van der Waals surface area contributed by atoms with Crippen LogP contribution in [0.25, 0.3) is 0 Å². The Kier molecular flexibility index (Phi) is 1.20. The molecule has 2 nitrogen and oxygen atoms in total. The number of alkyl halides is 1. The maximum absolute atomic E-state index is 6.07. The van der Waals surface area contributed by atoms with Crippen LogP contribution in [0.5, 0.6) is 0 Å². The van der Waals surface area contributed by atoms with Crippen molar-refractivity contribution in [2.24, 2.45) is 0 Å². The highest BCUT2D eigenvalue weighted by molar-refractivity contribution is 7.13. The third kappa shape index (κ3) is 0.896. The van der Waals surface area contributed by atoms with E-state index in [9.17, 15) is 0 Å². The number of hydrogen-bond acceptors (Lipinski definition) is 3. The fourth-order valence-corrected chi connectivity index (χ4v) is 1.78. The Morgan fingerprint density at radius 1 is 1.70 bits per heavy atom. The van der Waals surface area contributed by atoms with Gasteiger partial charge in [-0.25, -0.2) is 4.98 Å². The number of rotatable bonds is 1. The number of anilines is 1. The summed E-state index contributed by atoms with van der Waals surface area (Å²) in [7, 11) is 0. The van der Waals surface area contributed by atoms with Gasteiger partial charge in [-0.3, -0.25) is 0 Å². The summed E-state index contributed by atoms with van der Waals surface area (Å²) in [4.78, 5) is 3.96. The van der Waals surface area contributed by atoms with Crippen LogP contribution in [0.15, 0.2) is 5.38 Å². The van der Waals surface area contributed by atoms with Gasteiger partial charge in [-0.15, -0.1) is 22.9 Å². The van der Waals surface area contributed by atoms with Crippen LogP contribution in [0.4, 0.5) is 5.13 Å². The Morgan fingerprint density at radius 2 is 2.40 bits per heavy atom. The number of nitrogens with zero attached hydrogens (tertiary/aromatic N) is 1. The maximum Gasteiger partial charge on any atom is 0.180 e. The molecule has 1 aliphatic rings. The molecule has 0 aliphatic heterocycles. The lowest BCUT2D eigenvalue weighted by Gasteiger charge is -1.97. The molecular formula is C6H7ClN2S. The molecule has 0 unspecified atom stereocenters. The quantitative estimate of drug-likeness (QED) is 0.661. The predicted molar refractivity (Wildman–Crippen MR) is 43.3 cm³/mol. The van der Waals surface area contributed by atoms with Crippen LogP contribution in [0, 0.1) is 0 Å². The zero-order chi connectivity index (χ0) is 7.19. The standard InChI is InChI=1S/C6H7ClN2S/c7-6(1-2-6)4-3-10-5(8)9-4/h3H,1-2H2,(H2,8,9).